The van der Waals surface area contributed by atoms with Crippen LogP contribution in [0.15, 0.2) is 96.0 Å². The van der Waals surface area contributed by atoms with Crippen LogP contribution in [0.1, 0.15) is 24.1 Å². The van der Waals surface area contributed by atoms with Crippen molar-refractivity contribution >= 4 is 38.5 Å². The maximum Gasteiger partial charge on any atom is 0.132 e. The Labute approximate surface area is 169 Å². The molecule has 0 spiro atoms. The first-order chi connectivity index (χ1) is 14.2. The minimum absolute atomic E-state index is 0.0274. The van der Waals surface area contributed by atoms with Gasteiger partial charge >= 0.3 is 0 Å². The van der Waals surface area contributed by atoms with E-state index in [1.165, 1.54) is 5.39 Å². The largest absolute Gasteiger partial charge is 0.507 e. The SMILES string of the molecule is CC(N=Cc1ccc2ccc3ccc4ccccc4c3c2c1O)c1ccccc1. The third kappa shape index (κ3) is 3.03. The van der Waals surface area contributed by atoms with Crippen LogP contribution in [0.5, 0.6) is 5.75 Å². The van der Waals surface area contributed by atoms with Crippen LogP contribution in [0.4, 0.5) is 0 Å². The van der Waals surface area contributed by atoms with Crippen molar-refractivity contribution < 1.29 is 5.11 Å². The number of rotatable bonds is 3. The van der Waals surface area contributed by atoms with E-state index in [9.17, 15) is 5.11 Å². The maximum absolute atomic E-state index is 11.2. The fourth-order valence-corrected chi connectivity index (χ4v) is 4.02. The zero-order valence-electron chi connectivity index (χ0n) is 16.2. The summed E-state index contributed by atoms with van der Waals surface area (Å²) in [4.78, 5) is 4.69. The smallest absolute Gasteiger partial charge is 0.132 e. The molecule has 0 fully saturated rings. The van der Waals surface area contributed by atoms with E-state index in [1.54, 1.807) is 6.21 Å². The van der Waals surface area contributed by atoms with Crippen LogP contribution in [0.3, 0.4) is 0 Å². The Hall–Kier alpha value is -3.65. The van der Waals surface area contributed by atoms with Crippen molar-refractivity contribution in [1.82, 2.24) is 0 Å². The first-order valence-electron chi connectivity index (χ1n) is 9.86. The van der Waals surface area contributed by atoms with Crippen LogP contribution in [0.2, 0.25) is 0 Å². The van der Waals surface area contributed by atoms with Gasteiger partial charge in [0.05, 0.1) is 6.04 Å². The zero-order valence-corrected chi connectivity index (χ0v) is 16.2. The van der Waals surface area contributed by atoms with Gasteiger partial charge in [0, 0.05) is 22.6 Å². The van der Waals surface area contributed by atoms with Gasteiger partial charge in [-0.1, -0.05) is 84.9 Å². The molecule has 0 amide bonds. The third-order valence-electron chi connectivity index (χ3n) is 5.61. The minimum atomic E-state index is 0.0274. The maximum atomic E-state index is 11.2. The number of phenolic OH excluding ortho intramolecular Hbond substituents is 1. The van der Waals surface area contributed by atoms with Gasteiger partial charge in [-0.3, -0.25) is 4.99 Å². The lowest BCUT2D eigenvalue weighted by atomic mass is 9.94. The highest BCUT2D eigenvalue weighted by Gasteiger charge is 2.12. The molecule has 0 heterocycles. The number of aromatic hydroxyl groups is 1. The summed E-state index contributed by atoms with van der Waals surface area (Å²) >= 11 is 0. The molecule has 1 N–H and O–H groups in total. The summed E-state index contributed by atoms with van der Waals surface area (Å²) in [6, 6.07) is 31.0. The van der Waals surface area contributed by atoms with Crippen molar-refractivity contribution in [3.63, 3.8) is 0 Å². The molecule has 1 unspecified atom stereocenters. The topological polar surface area (TPSA) is 32.6 Å². The molecule has 0 aliphatic heterocycles. The number of hydrogen-bond donors (Lipinski definition) is 1. The van der Waals surface area contributed by atoms with Crippen molar-refractivity contribution in [2.75, 3.05) is 0 Å². The highest BCUT2D eigenvalue weighted by atomic mass is 16.3. The Morgan fingerprint density at radius 2 is 1.31 bits per heavy atom. The number of phenols is 1. The number of benzene rings is 5. The molecule has 0 aromatic heterocycles. The van der Waals surface area contributed by atoms with Crippen LogP contribution in [-0.2, 0) is 0 Å². The van der Waals surface area contributed by atoms with E-state index in [0.29, 0.717) is 0 Å². The van der Waals surface area contributed by atoms with Gasteiger partial charge in [-0.15, -0.1) is 0 Å². The molecular weight excluding hydrogens is 354 g/mol. The molecule has 0 aliphatic carbocycles. The van der Waals surface area contributed by atoms with Gasteiger partial charge in [0.15, 0.2) is 0 Å². The standard InChI is InChI=1S/C27H21NO/c1-18(19-7-3-2-4-8-19)28-17-23-16-15-22-14-13-21-12-11-20-9-5-6-10-24(20)25(21)26(22)27(23)29/h2-18,29H,1H3. The average molecular weight is 375 g/mol. The second-order valence-corrected chi connectivity index (χ2v) is 7.42. The molecule has 0 saturated heterocycles. The van der Waals surface area contributed by atoms with E-state index < -0.39 is 0 Å². The highest BCUT2D eigenvalue weighted by Crippen LogP contribution is 2.38. The lowest BCUT2D eigenvalue weighted by Gasteiger charge is -2.11. The van der Waals surface area contributed by atoms with Gasteiger partial charge in [0.2, 0.25) is 0 Å². The molecule has 0 bridgehead atoms. The molecule has 2 nitrogen and oxygen atoms in total. The van der Waals surface area contributed by atoms with Crippen LogP contribution in [0, 0.1) is 0 Å². The molecule has 2 heteroatoms. The highest BCUT2D eigenvalue weighted by molar-refractivity contribution is 6.22. The average Bonchev–Trinajstić information content (AvgIpc) is 2.78. The molecule has 5 rings (SSSR count). The number of fused-ring (bicyclic) bond motifs is 5. The van der Waals surface area contributed by atoms with E-state index in [0.717, 1.165) is 38.1 Å². The van der Waals surface area contributed by atoms with Crippen LogP contribution in [0.25, 0.3) is 32.3 Å². The van der Waals surface area contributed by atoms with Crippen molar-refractivity contribution in [3.8, 4) is 5.75 Å². The second-order valence-electron chi connectivity index (χ2n) is 7.42. The van der Waals surface area contributed by atoms with Crippen LogP contribution < -0.4 is 0 Å². The lowest BCUT2D eigenvalue weighted by molar-refractivity contribution is 0.481. The summed E-state index contributed by atoms with van der Waals surface area (Å²) in [5.74, 6) is 0.286. The first-order valence-corrected chi connectivity index (χ1v) is 9.86. The Morgan fingerprint density at radius 1 is 0.690 bits per heavy atom. The number of nitrogens with zero attached hydrogens (tertiary/aromatic N) is 1. The summed E-state index contributed by atoms with van der Waals surface area (Å²) in [7, 11) is 0. The van der Waals surface area contributed by atoms with E-state index >= 15 is 0 Å². The number of aliphatic imine (C=N–C) groups is 1. The number of hydrogen-bond acceptors (Lipinski definition) is 2. The van der Waals surface area contributed by atoms with Crippen molar-refractivity contribution in [1.29, 1.82) is 0 Å². The minimum Gasteiger partial charge on any atom is -0.507 e. The van der Waals surface area contributed by atoms with Crippen molar-refractivity contribution in [3.05, 3.63) is 102 Å². The quantitative estimate of drug-likeness (QED) is 0.266. The second kappa shape index (κ2) is 7.06. The molecule has 5 aromatic rings. The fourth-order valence-electron chi connectivity index (χ4n) is 4.02. The van der Waals surface area contributed by atoms with Gasteiger partial charge in [-0.25, -0.2) is 0 Å². The lowest BCUT2D eigenvalue weighted by Crippen LogP contribution is -1.92. The summed E-state index contributed by atoms with van der Waals surface area (Å²) in [6.45, 7) is 2.06. The molecule has 0 radical (unpaired) electrons. The Balaban J connectivity index is 1.70. The van der Waals surface area contributed by atoms with Crippen molar-refractivity contribution in [2.24, 2.45) is 4.99 Å². The van der Waals surface area contributed by atoms with E-state index in [1.807, 2.05) is 36.4 Å². The summed E-state index contributed by atoms with van der Waals surface area (Å²) in [5.41, 5.74) is 1.89. The van der Waals surface area contributed by atoms with E-state index in [2.05, 4.69) is 66.5 Å². The molecular formula is C27H21NO. The van der Waals surface area contributed by atoms with Gasteiger partial charge in [-0.2, -0.15) is 0 Å². The molecule has 5 aromatic carbocycles. The van der Waals surface area contributed by atoms with E-state index in [-0.39, 0.29) is 11.8 Å². The van der Waals surface area contributed by atoms with E-state index in [4.69, 9.17) is 0 Å². The molecule has 1 atom stereocenters. The van der Waals surface area contributed by atoms with Gasteiger partial charge in [0.1, 0.15) is 5.75 Å². The van der Waals surface area contributed by atoms with Crippen molar-refractivity contribution in [2.45, 2.75) is 13.0 Å². The predicted molar refractivity (Wildman–Crippen MR) is 123 cm³/mol. The molecule has 140 valence electrons. The predicted octanol–water partition coefficient (Wildman–Crippen LogP) is 7.03. The molecule has 0 aliphatic rings. The third-order valence-corrected chi connectivity index (χ3v) is 5.61. The Morgan fingerprint density at radius 3 is 2.10 bits per heavy atom. The van der Waals surface area contributed by atoms with Gasteiger partial charge in [0.25, 0.3) is 0 Å². The summed E-state index contributed by atoms with van der Waals surface area (Å²) < 4.78 is 0. The van der Waals surface area contributed by atoms with Gasteiger partial charge < -0.3 is 5.11 Å². The summed E-state index contributed by atoms with van der Waals surface area (Å²) in [6.07, 6.45) is 1.79. The monoisotopic (exact) mass is 375 g/mol. The normalized spacial score (nSPS) is 12.9. The molecule has 0 saturated carbocycles. The first kappa shape index (κ1) is 17.4. The zero-order chi connectivity index (χ0) is 19.8. The fraction of sp³-hybridized carbons (Fsp3) is 0.0741. The molecule has 29 heavy (non-hydrogen) atoms. The Kier molecular flexibility index (Phi) is 4.25. The Bertz CT molecular complexity index is 1360. The van der Waals surface area contributed by atoms with Gasteiger partial charge in [-0.05, 0) is 40.1 Å². The van der Waals surface area contributed by atoms with Crippen LogP contribution in [-0.4, -0.2) is 11.3 Å². The summed E-state index contributed by atoms with van der Waals surface area (Å²) in [5, 5.41) is 17.6. The van der Waals surface area contributed by atoms with Crippen LogP contribution >= 0.6 is 0 Å².